The highest BCUT2D eigenvalue weighted by atomic mass is 16.5. The third-order valence-corrected chi connectivity index (χ3v) is 7.62. The summed E-state index contributed by atoms with van der Waals surface area (Å²) in [7, 11) is 1.40. The Hall–Kier alpha value is -1.79. The number of rotatable bonds is 3. The Kier molecular flexibility index (Phi) is 6.92. The van der Waals surface area contributed by atoms with Crippen LogP contribution in [0.2, 0.25) is 0 Å². The molecule has 0 unspecified atom stereocenters. The molecule has 2 aliphatic carbocycles. The molecule has 0 saturated carbocycles. The number of aliphatic hydroxyl groups excluding tert-OH is 1. The van der Waals surface area contributed by atoms with Gasteiger partial charge < -0.3 is 15.2 Å². The first-order chi connectivity index (χ1) is 14.5. The van der Waals surface area contributed by atoms with Crippen molar-refractivity contribution in [3.05, 3.63) is 23.3 Å². The van der Waals surface area contributed by atoms with Gasteiger partial charge in [0.25, 0.3) is 0 Å². The van der Waals surface area contributed by atoms with Crippen molar-refractivity contribution >= 4 is 17.5 Å². The molecule has 0 bridgehead atoms. The minimum Gasteiger partial charge on any atom is -0.385 e. The minimum atomic E-state index is -1.31. The highest BCUT2D eigenvalue weighted by molar-refractivity contribution is 6.12. The average molecular weight is 432 g/mol. The molecule has 1 aliphatic heterocycles. The van der Waals surface area contributed by atoms with Crippen LogP contribution < -0.4 is 5.32 Å². The molecule has 0 aromatic heterocycles. The summed E-state index contributed by atoms with van der Waals surface area (Å²) in [6.45, 7) is 10.3. The number of allylic oxidation sites excluding steroid dienone is 4. The van der Waals surface area contributed by atoms with Crippen LogP contribution in [0.4, 0.5) is 0 Å². The first-order valence-electron chi connectivity index (χ1n) is 11.5. The largest absolute Gasteiger partial charge is 0.385 e. The summed E-state index contributed by atoms with van der Waals surface area (Å²) in [5.74, 6) is -1.22. The van der Waals surface area contributed by atoms with Crippen molar-refractivity contribution in [1.82, 2.24) is 5.32 Å². The highest BCUT2D eigenvalue weighted by Gasteiger charge is 2.66. The standard InChI is InChI=1S/C25H37NO5/c1-13(2)9-18-22-16(5)15(4)11-17-10-14(3)7-8-19(27)20(28)12-21(31-6)23(29)25(17,22)24(30)26-18/h10-11,13,16-19,21-22,27H,7-9,12H2,1-6H3,(H,26,30)/t16-,17+,18+,19-,21-,22+,25+/m1/s1. The van der Waals surface area contributed by atoms with E-state index in [1.54, 1.807) is 0 Å². The highest BCUT2D eigenvalue weighted by Crippen LogP contribution is 2.55. The van der Waals surface area contributed by atoms with Crippen LogP contribution in [0.1, 0.15) is 60.3 Å². The van der Waals surface area contributed by atoms with Crippen molar-refractivity contribution in [2.75, 3.05) is 7.11 Å². The van der Waals surface area contributed by atoms with Gasteiger partial charge in [0.05, 0.1) is 0 Å². The first kappa shape index (κ1) is 23.9. The molecule has 6 heteroatoms. The molecule has 0 aromatic rings. The van der Waals surface area contributed by atoms with Gasteiger partial charge in [-0.1, -0.05) is 44.1 Å². The van der Waals surface area contributed by atoms with Crippen molar-refractivity contribution < 1.29 is 24.2 Å². The fraction of sp³-hybridized carbons (Fsp3) is 0.720. The molecule has 3 aliphatic rings. The van der Waals surface area contributed by atoms with Crippen molar-refractivity contribution in [2.45, 2.75) is 78.6 Å². The van der Waals surface area contributed by atoms with Crippen LogP contribution in [0.25, 0.3) is 0 Å². The van der Waals surface area contributed by atoms with Crippen molar-refractivity contribution in [2.24, 2.45) is 29.1 Å². The smallest absolute Gasteiger partial charge is 0.235 e. The maximum absolute atomic E-state index is 14.1. The molecule has 31 heavy (non-hydrogen) atoms. The molecular formula is C25H37NO5. The number of nitrogens with one attached hydrogen (secondary N) is 1. The Morgan fingerprint density at radius 3 is 2.52 bits per heavy atom. The Labute approximate surface area is 185 Å². The SMILES string of the molecule is CO[C@@H]1CC(=O)[C@H](O)CCC(C)=C[C@H]2C=C(C)[C@@H](C)[C@H]3[C@H](CC(C)C)NC(=O)[C@@]23C1=O. The number of amides is 1. The summed E-state index contributed by atoms with van der Waals surface area (Å²) >= 11 is 0. The van der Waals surface area contributed by atoms with Gasteiger partial charge in [-0.15, -0.1) is 0 Å². The van der Waals surface area contributed by atoms with Gasteiger partial charge >= 0.3 is 0 Å². The Morgan fingerprint density at radius 2 is 1.90 bits per heavy atom. The van der Waals surface area contributed by atoms with E-state index in [9.17, 15) is 19.5 Å². The lowest BCUT2D eigenvalue weighted by atomic mass is 9.54. The van der Waals surface area contributed by atoms with Gasteiger partial charge in [-0.05, 0) is 44.9 Å². The number of ketones is 2. The Balaban J connectivity index is 2.23. The summed E-state index contributed by atoms with van der Waals surface area (Å²) in [5, 5.41) is 13.5. The minimum absolute atomic E-state index is 0.0422. The van der Waals surface area contributed by atoms with Crippen molar-refractivity contribution in [1.29, 1.82) is 0 Å². The molecule has 1 saturated heterocycles. The second-order valence-electron chi connectivity index (χ2n) is 10.2. The van der Waals surface area contributed by atoms with Gasteiger partial charge in [0.2, 0.25) is 5.91 Å². The number of hydrogen-bond donors (Lipinski definition) is 2. The van der Waals surface area contributed by atoms with Gasteiger partial charge in [-0.3, -0.25) is 14.4 Å². The van der Waals surface area contributed by atoms with Gasteiger partial charge in [-0.2, -0.15) is 0 Å². The number of methoxy groups -OCH3 is 1. The molecule has 1 amide bonds. The van der Waals surface area contributed by atoms with Crippen LogP contribution in [-0.2, 0) is 19.1 Å². The predicted octanol–water partition coefficient (Wildman–Crippen LogP) is 2.99. The monoisotopic (exact) mass is 431 g/mol. The molecule has 172 valence electrons. The zero-order valence-corrected chi connectivity index (χ0v) is 19.6. The number of Topliss-reactive ketones (excluding diaryl/α,β-unsaturated/α-hetero) is 2. The number of hydrogen-bond acceptors (Lipinski definition) is 5. The van der Waals surface area contributed by atoms with Crippen LogP contribution in [0.3, 0.4) is 0 Å². The van der Waals surface area contributed by atoms with Gasteiger partial charge in [0.15, 0.2) is 11.6 Å². The topological polar surface area (TPSA) is 92.7 Å². The summed E-state index contributed by atoms with van der Waals surface area (Å²) in [6.07, 6.45) is 3.29. The second kappa shape index (κ2) is 8.99. The first-order valence-corrected chi connectivity index (χ1v) is 11.5. The number of ether oxygens (including phenoxy) is 1. The number of carbonyl (C=O) groups is 3. The zero-order chi connectivity index (χ0) is 23.1. The van der Waals surface area contributed by atoms with Crippen LogP contribution >= 0.6 is 0 Å². The molecule has 0 aromatic carbocycles. The van der Waals surface area contributed by atoms with Crippen molar-refractivity contribution in [3.63, 3.8) is 0 Å². The Bertz CT molecular complexity index is 813. The van der Waals surface area contributed by atoms with Crippen LogP contribution in [0.5, 0.6) is 0 Å². The maximum Gasteiger partial charge on any atom is 0.235 e. The molecule has 6 nitrogen and oxygen atoms in total. The molecular weight excluding hydrogens is 394 g/mol. The lowest BCUT2D eigenvalue weighted by molar-refractivity contribution is -0.154. The summed E-state index contributed by atoms with van der Waals surface area (Å²) in [6, 6.07) is -0.116. The van der Waals surface area contributed by atoms with Crippen LogP contribution in [0.15, 0.2) is 23.3 Å². The van der Waals surface area contributed by atoms with Gasteiger partial charge in [0, 0.05) is 31.4 Å². The van der Waals surface area contributed by atoms with Crippen LogP contribution in [-0.4, -0.2) is 47.9 Å². The van der Waals surface area contributed by atoms with Crippen molar-refractivity contribution in [3.8, 4) is 0 Å². The van der Waals surface area contributed by atoms with E-state index in [0.717, 1.165) is 12.0 Å². The molecule has 0 radical (unpaired) electrons. The third kappa shape index (κ3) is 4.05. The van der Waals surface area contributed by atoms with Gasteiger partial charge in [0.1, 0.15) is 17.6 Å². The molecule has 3 rings (SSSR count). The Morgan fingerprint density at radius 1 is 1.23 bits per heavy atom. The molecule has 7 atom stereocenters. The molecule has 2 N–H and O–H groups in total. The summed E-state index contributed by atoms with van der Waals surface area (Å²) in [4.78, 5) is 40.4. The van der Waals surface area contributed by atoms with E-state index in [0.29, 0.717) is 18.8 Å². The van der Waals surface area contributed by atoms with E-state index in [2.05, 4.69) is 39.1 Å². The molecule has 1 spiro atoms. The van der Waals surface area contributed by atoms with Gasteiger partial charge in [-0.25, -0.2) is 0 Å². The zero-order valence-electron chi connectivity index (χ0n) is 19.6. The van der Waals surface area contributed by atoms with E-state index in [4.69, 9.17) is 4.74 Å². The maximum atomic E-state index is 14.1. The van der Waals surface area contributed by atoms with E-state index >= 15 is 0 Å². The van der Waals surface area contributed by atoms with E-state index in [-0.39, 0.29) is 36.0 Å². The fourth-order valence-corrected chi connectivity index (χ4v) is 5.93. The second-order valence-corrected chi connectivity index (χ2v) is 10.2. The number of carbonyl (C=O) groups excluding carboxylic acids is 3. The van der Waals surface area contributed by atoms with E-state index < -0.39 is 29.3 Å². The lowest BCUT2D eigenvalue weighted by Gasteiger charge is -2.46. The lowest BCUT2D eigenvalue weighted by Crippen LogP contribution is -2.56. The fourth-order valence-electron chi connectivity index (χ4n) is 5.93. The average Bonchev–Trinajstić information content (AvgIpc) is 2.98. The van der Waals surface area contributed by atoms with Crippen LogP contribution in [0, 0.1) is 29.1 Å². The molecule has 1 fully saturated rings. The summed E-state index contributed by atoms with van der Waals surface area (Å²) in [5.41, 5.74) is 0.834. The number of aliphatic hydroxyl groups is 1. The summed E-state index contributed by atoms with van der Waals surface area (Å²) < 4.78 is 5.50. The quantitative estimate of drug-likeness (QED) is 0.529. The van der Waals surface area contributed by atoms with E-state index in [1.165, 1.54) is 12.7 Å². The molecule has 1 heterocycles. The predicted molar refractivity (Wildman–Crippen MR) is 118 cm³/mol. The van der Waals surface area contributed by atoms with E-state index in [1.807, 2.05) is 13.0 Å². The normalized spacial score (nSPS) is 39.3. The third-order valence-electron chi connectivity index (χ3n) is 7.62.